The molecule has 0 aromatic carbocycles. The highest BCUT2D eigenvalue weighted by Gasteiger charge is 2.24. The van der Waals surface area contributed by atoms with Crippen LogP contribution in [-0.2, 0) is 4.79 Å². The van der Waals surface area contributed by atoms with Crippen molar-refractivity contribution in [1.82, 2.24) is 16.0 Å². The van der Waals surface area contributed by atoms with Gasteiger partial charge in [-0.25, -0.2) is 14.4 Å². The summed E-state index contributed by atoms with van der Waals surface area (Å²) >= 11 is 0. The zero-order chi connectivity index (χ0) is 13.4. The third-order valence-corrected chi connectivity index (χ3v) is 1.74. The third kappa shape index (κ3) is 6.95. The molecule has 0 saturated carbocycles. The van der Waals surface area contributed by atoms with E-state index in [1.54, 1.807) is 0 Å². The standard InChI is InChI=1S/C8H16N4O5/c1-4(13)5(6(14)15)12-8(17)11-3-2-10-7(9)16/h4-5,13H,2-3H2,1H3,(H,14,15)(H3,9,10,16)(H2,11,12,17). The predicted molar refractivity (Wildman–Crippen MR) is 57.2 cm³/mol. The smallest absolute Gasteiger partial charge is 0.328 e. The molecule has 0 bridgehead atoms. The van der Waals surface area contributed by atoms with Crippen LogP contribution in [0.1, 0.15) is 6.92 Å². The molecular weight excluding hydrogens is 232 g/mol. The van der Waals surface area contributed by atoms with Crippen LogP contribution >= 0.6 is 0 Å². The number of urea groups is 2. The van der Waals surface area contributed by atoms with Gasteiger partial charge < -0.3 is 31.9 Å². The van der Waals surface area contributed by atoms with Crippen molar-refractivity contribution in [2.24, 2.45) is 5.73 Å². The fraction of sp³-hybridized carbons (Fsp3) is 0.625. The second-order valence-electron chi connectivity index (χ2n) is 3.25. The average molecular weight is 248 g/mol. The maximum absolute atomic E-state index is 11.2. The molecule has 9 heteroatoms. The van der Waals surface area contributed by atoms with Gasteiger partial charge in [-0.05, 0) is 6.92 Å². The number of hydrogen-bond acceptors (Lipinski definition) is 4. The number of carbonyl (C=O) groups is 3. The number of hydrogen-bond donors (Lipinski definition) is 6. The molecule has 98 valence electrons. The largest absolute Gasteiger partial charge is 0.480 e. The Hall–Kier alpha value is -2.03. The summed E-state index contributed by atoms with van der Waals surface area (Å²) in [7, 11) is 0. The molecule has 0 saturated heterocycles. The molecule has 0 aromatic rings. The molecule has 17 heavy (non-hydrogen) atoms. The van der Waals surface area contributed by atoms with E-state index >= 15 is 0 Å². The Kier molecular flexibility index (Phi) is 6.41. The van der Waals surface area contributed by atoms with Crippen molar-refractivity contribution in [3.05, 3.63) is 0 Å². The summed E-state index contributed by atoms with van der Waals surface area (Å²) in [6, 6.07) is -2.87. The monoisotopic (exact) mass is 248 g/mol. The number of amides is 4. The number of carboxylic acids is 1. The summed E-state index contributed by atoms with van der Waals surface area (Å²) in [6.07, 6.45) is -1.22. The van der Waals surface area contributed by atoms with Gasteiger partial charge in [-0.1, -0.05) is 0 Å². The summed E-state index contributed by atoms with van der Waals surface area (Å²) in [5.41, 5.74) is 4.78. The van der Waals surface area contributed by atoms with E-state index in [1.165, 1.54) is 6.92 Å². The van der Waals surface area contributed by atoms with Gasteiger partial charge >= 0.3 is 18.0 Å². The first-order valence-corrected chi connectivity index (χ1v) is 4.83. The lowest BCUT2D eigenvalue weighted by atomic mass is 10.2. The lowest BCUT2D eigenvalue weighted by Gasteiger charge is -2.17. The zero-order valence-electron chi connectivity index (χ0n) is 9.27. The maximum Gasteiger partial charge on any atom is 0.328 e. The first-order chi connectivity index (χ1) is 7.84. The topological polar surface area (TPSA) is 154 Å². The quantitative estimate of drug-likeness (QED) is 0.294. The number of nitrogens with two attached hydrogens (primary N) is 1. The van der Waals surface area contributed by atoms with E-state index < -0.39 is 30.2 Å². The number of carbonyl (C=O) groups excluding carboxylic acids is 2. The molecule has 0 fully saturated rings. The number of aliphatic hydroxyl groups excluding tert-OH is 1. The Balaban J connectivity index is 3.91. The van der Waals surface area contributed by atoms with Crippen LogP contribution in [0, 0.1) is 0 Å². The second-order valence-corrected chi connectivity index (χ2v) is 3.25. The second kappa shape index (κ2) is 7.28. The van der Waals surface area contributed by atoms with Gasteiger partial charge in [-0.2, -0.15) is 0 Å². The van der Waals surface area contributed by atoms with Gasteiger partial charge in [0.15, 0.2) is 6.04 Å². The number of rotatable bonds is 6. The van der Waals surface area contributed by atoms with Gasteiger partial charge in [0.25, 0.3) is 0 Å². The molecule has 0 aliphatic rings. The highest BCUT2D eigenvalue weighted by atomic mass is 16.4. The molecule has 4 amide bonds. The predicted octanol–water partition coefficient (Wildman–Crippen LogP) is -2.21. The van der Waals surface area contributed by atoms with Gasteiger partial charge in [-0.3, -0.25) is 0 Å². The highest BCUT2D eigenvalue weighted by Crippen LogP contribution is 1.92. The van der Waals surface area contributed by atoms with Crippen molar-refractivity contribution in [3.8, 4) is 0 Å². The Bertz CT molecular complexity index is 294. The summed E-state index contributed by atoms with van der Waals surface area (Å²) in [4.78, 5) is 32.1. The third-order valence-electron chi connectivity index (χ3n) is 1.74. The molecule has 0 aromatic heterocycles. The Morgan fingerprint density at radius 2 is 1.76 bits per heavy atom. The minimum absolute atomic E-state index is 0.0842. The van der Waals surface area contributed by atoms with Crippen LogP contribution in [0.3, 0.4) is 0 Å². The van der Waals surface area contributed by atoms with Gasteiger partial charge in [0, 0.05) is 13.1 Å². The van der Waals surface area contributed by atoms with E-state index in [4.69, 9.17) is 15.9 Å². The summed E-state index contributed by atoms with van der Waals surface area (Å²) in [5, 5.41) is 24.3. The van der Waals surface area contributed by atoms with Crippen molar-refractivity contribution < 1.29 is 24.6 Å². The van der Waals surface area contributed by atoms with Crippen LogP contribution in [0.4, 0.5) is 9.59 Å². The minimum Gasteiger partial charge on any atom is -0.480 e. The van der Waals surface area contributed by atoms with Crippen molar-refractivity contribution in [1.29, 1.82) is 0 Å². The first kappa shape index (κ1) is 15.0. The normalized spacial score (nSPS) is 13.3. The van der Waals surface area contributed by atoms with E-state index in [-0.39, 0.29) is 13.1 Å². The zero-order valence-corrected chi connectivity index (χ0v) is 9.27. The lowest BCUT2D eigenvalue weighted by molar-refractivity contribution is -0.141. The molecule has 2 atom stereocenters. The van der Waals surface area contributed by atoms with E-state index in [1.807, 2.05) is 0 Å². The van der Waals surface area contributed by atoms with E-state index in [0.717, 1.165) is 0 Å². The first-order valence-electron chi connectivity index (χ1n) is 4.83. The lowest BCUT2D eigenvalue weighted by Crippen LogP contribution is -2.52. The fourth-order valence-electron chi connectivity index (χ4n) is 0.943. The van der Waals surface area contributed by atoms with Gasteiger partial charge in [0.1, 0.15) is 0 Å². The molecule has 0 spiro atoms. The van der Waals surface area contributed by atoms with Crippen LogP contribution in [0.15, 0.2) is 0 Å². The molecule has 0 heterocycles. The molecule has 0 aliphatic heterocycles. The van der Waals surface area contributed by atoms with Crippen molar-refractivity contribution >= 4 is 18.0 Å². The maximum atomic E-state index is 11.2. The molecular formula is C8H16N4O5. The average Bonchev–Trinajstić information content (AvgIpc) is 2.19. The Morgan fingerprint density at radius 3 is 2.18 bits per heavy atom. The van der Waals surface area contributed by atoms with Crippen LogP contribution in [0.5, 0.6) is 0 Å². The van der Waals surface area contributed by atoms with Gasteiger partial charge in [0.05, 0.1) is 6.10 Å². The number of nitrogens with one attached hydrogen (secondary N) is 3. The molecule has 0 radical (unpaired) electrons. The van der Waals surface area contributed by atoms with Crippen molar-refractivity contribution in [2.75, 3.05) is 13.1 Å². The highest BCUT2D eigenvalue weighted by molar-refractivity contribution is 5.82. The number of aliphatic hydroxyl groups is 1. The van der Waals surface area contributed by atoms with E-state index in [2.05, 4.69) is 16.0 Å². The summed E-state index contributed by atoms with van der Waals surface area (Å²) in [6.45, 7) is 1.45. The molecule has 2 unspecified atom stereocenters. The number of primary amides is 1. The Morgan fingerprint density at radius 1 is 1.24 bits per heavy atom. The van der Waals surface area contributed by atoms with Crippen LogP contribution in [0.2, 0.25) is 0 Å². The number of carboxylic acid groups (broad SMARTS) is 1. The van der Waals surface area contributed by atoms with Gasteiger partial charge in [0.2, 0.25) is 0 Å². The summed E-state index contributed by atoms with van der Waals surface area (Å²) in [5.74, 6) is -1.34. The van der Waals surface area contributed by atoms with Crippen LogP contribution in [-0.4, -0.2) is 53.5 Å². The molecule has 0 aliphatic carbocycles. The van der Waals surface area contributed by atoms with E-state index in [9.17, 15) is 14.4 Å². The van der Waals surface area contributed by atoms with Crippen molar-refractivity contribution in [3.63, 3.8) is 0 Å². The minimum atomic E-state index is -1.39. The SMILES string of the molecule is CC(O)C(NC(=O)NCCNC(N)=O)C(=O)O. The van der Waals surface area contributed by atoms with E-state index in [0.29, 0.717) is 0 Å². The Labute approximate surface area is 97.4 Å². The van der Waals surface area contributed by atoms with Gasteiger partial charge in [-0.15, -0.1) is 0 Å². The molecule has 7 N–H and O–H groups in total. The molecule has 0 rings (SSSR count). The number of aliphatic carboxylic acids is 1. The summed E-state index contributed by atoms with van der Waals surface area (Å²) < 4.78 is 0. The fourth-order valence-corrected chi connectivity index (χ4v) is 0.943. The van der Waals surface area contributed by atoms with Crippen LogP contribution < -0.4 is 21.7 Å². The van der Waals surface area contributed by atoms with Crippen LogP contribution in [0.25, 0.3) is 0 Å². The van der Waals surface area contributed by atoms with Crippen molar-refractivity contribution in [2.45, 2.75) is 19.1 Å². The molecule has 9 nitrogen and oxygen atoms in total.